The van der Waals surface area contributed by atoms with E-state index in [1.165, 1.54) is 0 Å². The molecule has 0 aliphatic rings. The van der Waals surface area contributed by atoms with Gasteiger partial charge in [0.25, 0.3) is 0 Å². The highest BCUT2D eigenvalue weighted by molar-refractivity contribution is 5.91. The number of hydrogen-bond donors (Lipinski definition) is 0. The fraction of sp³-hybridized carbons (Fsp3) is 0.800. The van der Waals surface area contributed by atoms with E-state index in [-0.39, 0.29) is 10.8 Å². The average molecular weight is 373 g/mol. The summed E-state index contributed by atoms with van der Waals surface area (Å²) in [4.78, 5) is 43.2. The molecule has 0 bridgehead atoms. The molecule has 0 fully saturated rings. The maximum atomic E-state index is 11.7. The number of rotatable bonds is 8. The van der Waals surface area contributed by atoms with Gasteiger partial charge in [0.2, 0.25) is 0 Å². The minimum absolute atomic E-state index is 0.0206. The van der Waals surface area contributed by atoms with E-state index in [2.05, 4.69) is 41.5 Å². The number of carbonyl (C=O) groups is 2. The predicted molar refractivity (Wildman–Crippen MR) is 99.8 cm³/mol. The first kappa shape index (κ1) is 24.6. The Hall–Kier alpha value is -1.40. The Bertz CT molecular complexity index is 457. The molecular formula is C20H36O6. The summed E-state index contributed by atoms with van der Waals surface area (Å²) < 4.78 is 0. The predicted octanol–water partition coefficient (Wildman–Crippen LogP) is 4.92. The van der Waals surface area contributed by atoms with E-state index in [9.17, 15) is 9.59 Å². The van der Waals surface area contributed by atoms with Gasteiger partial charge in [0, 0.05) is 12.2 Å². The van der Waals surface area contributed by atoms with Gasteiger partial charge in [-0.15, -0.1) is 0 Å². The first-order valence-electron chi connectivity index (χ1n) is 8.88. The summed E-state index contributed by atoms with van der Waals surface area (Å²) in [5.74, 6) is -1.59. The Balaban J connectivity index is 4.38. The second-order valence-corrected chi connectivity index (χ2v) is 10.3. The maximum Gasteiger partial charge on any atom is 0.366 e. The number of hydrogen-bond acceptors (Lipinski definition) is 6. The molecule has 0 aliphatic carbocycles. The minimum Gasteiger partial charge on any atom is -0.293 e. The normalized spacial score (nSPS) is 13.8. The van der Waals surface area contributed by atoms with E-state index >= 15 is 0 Å². The molecule has 0 N–H and O–H groups in total. The van der Waals surface area contributed by atoms with E-state index in [4.69, 9.17) is 19.6 Å². The van der Waals surface area contributed by atoms with Gasteiger partial charge in [-0.2, -0.15) is 9.78 Å². The van der Waals surface area contributed by atoms with Crippen molar-refractivity contribution in [2.45, 2.75) is 93.3 Å². The minimum atomic E-state index is -0.794. The largest absolute Gasteiger partial charge is 0.366 e. The van der Waals surface area contributed by atoms with Crippen molar-refractivity contribution in [1.29, 1.82) is 0 Å². The van der Waals surface area contributed by atoms with E-state index in [0.29, 0.717) is 12.8 Å². The number of carbonyl (C=O) groups excluding carboxylic acids is 2. The van der Waals surface area contributed by atoms with Crippen LogP contribution in [0.2, 0.25) is 0 Å². The summed E-state index contributed by atoms with van der Waals surface area (Å²) in [5, 5.41) is 0. The monoisotopic (exact) mass is 372 g/mol. The molecule has 0 radical (unpaired) electrons. The van der Waals surface area contributed by atoms with Crippen LogP contribution in [0.3, 0.4) is 0 Å². The van der Waals surface area contributed by atoms with Crippen molar-refractivity contribution in [1.82, 2.24) is 0 Å². The lowest BCUT2D eigenvalue weighted by molar-refractivity contribution is -0.327. The van der Waals surface area contributed by atoms with Crippen LogP contribution < -0.4 is 0 Å². The fourth-order valence-electron chi connectivity index (χ4n) is 3.11. The van der Waals surface area contributed by atoms with Crippen LogP contribution in [0.4, 0.5) is 0 Å². The standard InChI is InChI=1S/C20H36O6/c1-17(2,3)13-19(7,8)25-23-15(21)11-12-16(22)24-26-20(9,10)14-18(4,5)6/h11-12H,13-14H2,1-10H3/b12-11+. The molecule has 0 heterocycles. The van der Waals surface area contributed by atoms with E-state index in [0.717, 1.165) is 12.2 Å². The van der Waals surface area contributed by atoms with Crippen molar-refractivity contribution in [3.05, 3.63) is 12.2 Å². The Morgan fingerprint density at radius 3 is 1.12 bits per heavy atom. The summed E-state index contributed by atoms with van der Waals surface area (Å²) in [5.41, 5.74) is -1.23. The molecule has 6 nitrogen and oxygen atoms in total. The fourth-order valence-corrected chi connectivity index (χ4v) is 3.11. The zero-order chi connectivity index (χ0) is 20.8. The molecule has 0 spiro atoms. The Morgan fingerprint density at radius 1 is 0.615 bits per heavy atom. The third kappa shape index (κ3) is 13.8. The van der Waals surface area contributed by atoms with Gasteiger partial charge < -0.3 is 0 Å². The SMILES string of the molecule is CC(C)(C)CC(C)(C)OOC(=O)/C=C/C(=O)OOC(C)(C)CC(C)(C)C. The van der Waals surface area contributed by atoms with Crippen molar-refractivity contribution in [2.75, 3.05) is 0 Å². The van der Waals surface area contributed by atoms with Crippen LogP contribution in [-0.2, 0) is 29.1 Å². The van der Waals surface area contributed by atoms with Crippen LogP contribution in [0.5, 0.6) is 0 Å². The smallest absolute Gasteiger partial charge is 0.293 e. The van der Waals surface area contributed by atoms with Gasteiger partial charge in [-0.3, -0.25) is 9.78 Å². The molecule has 0 aromatic rings. The summed E-state index contributed by atoms with van der Waals surface area (Å²) in [6.07, 6.45) is 3.26. The van der Waals surface area contributed by atoms with Gasteiger partial charge in [0.05, 0.1) is 0 Å². The van der Waals surface area contributed by atoms with Gasteiger partial charge >= 0.3 is 11.9 Å². The van der Waals surface area contributed by atoms with Crippen LogP contribution in [0.25, 0.3) is 0 Å². The van der Waals surface area contributed by atoms with Crippen molar-refractivity contribution in [2.24, 2.45) is 10.8 Å². The molecule has 0 aliphatic heterocycles. The first-order chi connectivity index (χ1) is 11.4. The van der Waals surface area contributed by atoms with Crippen molar-refractivity contribution >= 4 is 11.9 Å². The maximum absolute atomic E-state index is 11.7. The zero-order valence-electron chi connectivity index (χ0n) is 18.0. The lowest BCUT2D eigenvalue weighted by Gasteiger charge is -2.30. The molecule has 0 atom stereocenters. The Labute approximate surface area is 158 Å². The highest BCUT2D eigenvalue weighted by Crippen LogP contribution is 2.30. The third-order valence-corrected chi connectivity index (χ3v) is 2.97. The summed E-state index contributed by atoms with van der Waals surface area (Å²) in [6, 6.07) is 0. The topological polar surface area (TPSA) is 71.1 Å². The molecule has 0 saturated heterocycles. The van der Waals surface area contributed by atoms with Gasteiger partial charge in [-0.25, -0.2) is 9.59 Å². The zero-order valence-corrected chi connectivity index (χ0v) is 18.0. The van der Waals surface area contributed by atoms with Crippen molar-refractivity contribution in [3.8, 4) is 0 Å². The first-order valence-corrected chi connectivity index (χ1v) is 8.88. The van der Waals surface area contributed by atoms with E-state index in [1.54, 1.807) is 0 Å². The second-order valence-electron chi connectivity index (χ2n) is 10.3. The van der Waals surface area contributed by atoms with Gasteiger partial charge in [0.1, 0.15) is 11.2 Å². The van der Waals surface area contributed by atoms with Crippen molar-refractivity contribution < 1.29 is 29.1 Å². The van der Waals surface area contributed by atoms with Crippen LogP contribution in [0, 0.1) is 10.8 Å². The molecule has 0 aromatic carbocycles. The molecule has 0 aromatic heterocycles. The van der Waals surface area contributed by atoms with E-state index in [1.807, 2.05) is 27.7 Å². The molecular weight excluding hydrogens is 336 g/mol. The molecule has 6 heteroatoms. The molecule has 26 heavy (non-hydrogen) atoms. The van der Waals surface area contributed by atoms with Crippen LogP contribution >= 0.6 is 0 Å². The quantitative estimate of drug-likeness (QED) is 0.342. The highest BCUT2D eigenvalue weighted by atomic mass is 17.2. The van der Waals surface area contributed by atoms with Crippen LogP contribution in [0.1, 0.15) is 82.1 Å². The Kier molecular flexibility index (Phi) is 8.51. The lowest BCUT2D eigenvalue weighted by Crippen LogP contribution is -2.31. The average Bonchev–Trinajstić information content (AvgIpc) is 2.35. The molecule has 0 rings (SSSR count). The third-order valence-electron chi connectivity index (χ3n) is 2.97. The highest BCUT2D eigenvalue weighted by Gasteiger charge is 2.29. The van der Waals surface area contributed by atoms with Crippen molar-refractivity contribution in [3.63, 3.8) is 0 Å². The van der Waals surface area contributed by atoms with E-state index < -0.39 is 23.1 Å². The van der Waals surface area contributed by atoms with Crippen LogP contribution in [0.15, 0.2) is 12.2 Å². The molecule has 0 saturated carbocycles. The van der Waals surface area contributed by atoms with Gasteiger partial charge in [-0.05, 0) is 51.4 Å². The van der Waals surface area contributed by atoms with Gasteiger partial charge in [-0.1, -0.05) is 41.5 Å². The molecule has 0 unspecified atom stereocenters. The summed E-state index contributed by atoms with van der Waals surface area (Å²) in [7, 11) is 0. The second kappa shape index (κ2) is 9.00. The lowest BCUT2D eigenvalue weighted by atomic mass is 9.84. The summed E-state index contributed by atoms with van der Waals surface area (Å²) in [6.45, 7) is 19.7. The van der Waals surface area contributed by atoms with Crippen LogP contribution in [-0.4, -0.2) is 23.1 Å². The molecule has 152 valence electrons. The van der Waals surface area contributed by atoms with Gasteiger partial charge in [0.15, 0.2) is 0 Å². The molecule has 0 amide bonds. The summed E-state index contributed by atoms with van der Waals surface area (Å²) >= 11 is 0. The Morgan fingerprint density at radius 2 is 0.885 bits per heavy atom.